The number of rotatable bonds is 5. The van der Waals surface area contributed by atoms with Gasteiger partial charge in [0.25, 0.3) is 6.43 Å². The van der Waals surface area contributed by atoms with E-state index in [1.807, 2.05) is 0 Å². The Morgan fingerprint density at radius 2 is 2.05 bits per heavy atom. The molecular formula is C10H9F5N2O3. The third-order valence-corrected chi connectivity index (χ3v) is 2.22. The molecule has 1 heterocycles. The predicted molar refractivity (Wildman–Crippen MR) is 55.1 cm³/mol. The quantitative estimate of drug-likeness (QED) is 0.812. The normalized spacial score (nSPS) is 11.8. The highest BCUT2D eigenvalue weighted by Crippen LogP contribution is 2.36. The summed E-state index contributed by atoms with van der Waals surface area (Å²) >= 11 is 0. The zero-order valence-corrected chi connectivity index (χ0v) is 9.75. The lowest BCUT2D eigenvalue weighted by molar-refractivity contribution is -0.275. The number of nitrogens with two attached hydrogens (primary N) is 1. The van der Waals surface area contributed by atoms with E-state index < -0.39 is 48.6 Å². The maximum atomic E-state index is 12.7. The third kappa shape index (κ3) is 4.02. The van der Waals surface area contributed by atoms with Gasteiger partial charge < -0.3 is 15.6 Å². The van der Waals surface area contributed by atoms with E-state index in [0.717, 1.165) is 0 Å². The van der Waals surface area contributed by atoms with Gasteiger partial charge in [-0.05, 0) is 0 Å². The maximum absolute atomic E-state index is 12.7. The summed E-state index contributed by atoms with van der Waals surface area (Å²) in [7, 11) is 0. The number of hydrogen-bond acceptors (Lipinski definition) is 4. The summed E-state index contributed by atoms with van der Waals surface area (Å²) in [6.45, 7) is -0.623. The molecule has 3 N–H and O–H groups in total. The van der Waals surface area contributed by atoms with E-state index in [9.17, 15) is 26.7 Å². The van der Waals surface area contributed by atoms with Crippen LogP contribution in [0.15, 0.2) is 6.20 Å². The highest BCUT2D eigenvalue weighted by Gasteiger charge is 2.35. The van der Waals surface area contributed by atoms with Crippen molar-refractivity contribution in [3.05, 3.63) is 23.0 Å². The van der Waals surface area contributed by atoms with Crippen molar-refractivity contribution in [2.45, 2.75) is 25.8 Å². The number of carboxylic acid groups (broad SMARTS) is 1. The minimum Gasteiger partial charge on any atom is -0.481 e. The van der Waals surface area contributed by atoms with Gasteiger partial charge in [0, 0.05) is 18.3 Å². The molecule has 0 aliphatic heterocycles. The number of hydrogen-bond donors (Lipinski definition) is 2. The number of carbonyl (C=O) groups is 1. The van der Waals surface area contributed by atoms with E-state index in [2.05, 4.69) is 9.72 Å². The Hall–Kier alpha value is -1.97. The van der Waals surface area contributed by atoms with E-state index in [0.29, 0.717) is 6.20 Å². The van der Waals surface area contributed by atoms with Gasteiger partial charge in [0.05, 0.1) is 17.7 Å². The van der Waals surface area contributed by atoms with Gasteiger partial charge in [0.2, 0.25) is 0 Å². The monoisotopic (exact) mass is 300 g/mol. The average molecular weight is 300 g/mol. The first-order valence-corrected chi connectivity index (χ1v) is 5.12. The van der Waals surface area contributed by atoms with Crippen LogP contribution in [-0.2, 0) is 17.8 Å². The van der Waals surface area contributed by atoms with Crippen molar-refractivity contribution in [2.24, 2.45) is 5.73 Å². The lowest BCUT2D eigenvalue weighted by atomic mass is 10.1. The van der Waals surface area contributed by atoms with Gasteiger partial charge >= 0.3 is 12.3 Å². The molecule has 10 heteroatoms. The van der Waals surface area contributed by atoms with Gasteiger partial charge in [-0.3, -0.25) is 9.78 Å². The van der Waals surface area contributed by atoms with Crippen molar-refractivity contribution < 1.29 is 36.6 Å². The van der Waals surface area contributed by atoms with Crippen LogP contribution in [0.5, 0.6) is 5.75 Å². The van der Waals surface area contributed by atoms with Gasteiger partial charge in [-0.2, -0.15) is 0 Å². The van der Waals surface area contributed by atoms with Crippen molar-refractivity contribution in [1.82, 2.24) is 4.98 Å². The molecule has 0 unspecified atom stereocenters. The lowest BCUT2D eigenvalue weighted by Gasteiger charge is -2.17. The van der Waals surface area contributed by atoms with Crippen LogP contribution in [0, 0.1) is 0 Å². The number of nitrogens with zero attached hydrogens (tertiary/aromatic N) is 1. The molecule has 5 nitrogen and oxygen atoms in total. The van der Waals surface area contributed by atoms with E-state index in [-0.39, 0.29) is 5.69 Å². The molecule has 0 aliphatic rings. The summed E-state index contributed by atoms with van der Waals surface area (Å²) in [5, 5.41) is 8.60. The molecule has 0 saturated carbocycles. The molecule has 20 heavy (non-hydrogen) atoms. The fourth-order valence-electron chi connectivity index (χ4n) is 1.49. The second-order valence-corrected chi connectivity index (χ2v) is 3.59. The molecule has 0 saturated heterocycles. The highest BCUT2D eigenvalue weighted by atomic mass is 19.4. The molecule has 0 aliphatic carbocycles. The van der Waals surface area contributed by atoms with Gasteiger partial charge in [0.15, 0.2) is 0 Å². The van der Waals surface area contributed by atoms with Crippen LogP contribution in [0.25, 0.3) is 0 Å². The minimum absolute atomic E-state index is 0.358. The Balaban J connectivity index is 3.41. The molecule has 0 atom stereocenters. The van der Waals surface area contributed by atoms with Gasteiger partial charge in [-0.15, -0.1) is 13.2 Å². The largest absolute Gasteiger partial charge is 0.573 e. The zero-order chi connectivity index (χ0) is 15.5. The lowest BCUT2D eigenvalue weighted by Crippen LogP contribution is -2.22. The molecule has 0 amide bonds. The smallest absolute Gasteiger partial charge is 0.481 e. The van der Waals surface area contributed by atoms with Crippen LogP contribution in [0.3, 0.4) is 0 Å². The van der Waals surface area contributed by atoms with Crippen molar-refractivity contribution in [3.8, 4) is 5.75 Å². The van der Waals surface area contributed by atoms with Gasteiger partial charge in [-0.1, -0.05) is 0 Å². The van der Waals surface area contributed by atoms with E-state index in [1.54, 1.807) is 0 Å². The summed E-state index contributed by atoms with van der Waals surface area (Å²) in [4.78, 5) is 14.0. The molecule has 1 aromatic heterocycles. The molecule has 0 radical (unpaired) electrons. The zero-order valence-electron chi connectivity index (χ0n) is 9.75. The van der Waals surface area contributed by atoms with E-state index >= 15 is 0 Å². The third-order valence-electron chi connectivity index (χ3n) is 2.22. The number of aromatic nitrogens is 1. The molecule has 1 rings (SSSR count). The number of carboxylic acids is 1. The van der Waals surface area contributed by atoms with Crippen LogP contribution in [0.4, 0.5) is 22.0 Å². The number of halogens is 5. The van der Waals surface area contributed by atoms with Crippen LogP contribution < -0.4 is 10.5 Å². The molecule has 0 aromatic carbocycles. The Labute approximate surface area is 109 Å². The molecule has 0 spiro atoms. The Kier molecular flexibility index (Phi) is 4.82. The highest BCUT2D eigenvalue weighted by molar-refractivity contribution is 5.70. The number of pyridine rings is 1. The first-order chi connectivity index (χ1) is 9.15. The van der Waals surface area contributed by atoms with Crippen molar-refractivity contribution >= 4 is 5.97 Å². The SMILES string of the molecule is NCc1c(CC(=O)O)ncc(C(F)F)c1OC(F)(F)F. The van der Waals surface area contributed by atoms with Crippen LogP contribution in [0.1, 0.15) is 23.2 Å². The number of aliphatic carboxylic acids is 1. The standard InChI is InChI=1S/C10H9F5N2O3/c11-9(12)5-3-17-6(1-7(18)19)4(2-16)8(5)20-10(13,14)15/h3,9H,1-2,16H2,(H,18,19). The van der Waals surface area contributed by atoms with E-state index in [1.165, 1.54) is 0 Å². The van der Waals surface area contributed by atoms with Gasteiger partial charge in [0.1, 0.15) is 5.75 Å². The van der Waals surface area contributed by atoms with Crippen molar-refractivity contribution in [2.75, 3.05) is 0 Å². The second kappa shape index (κ2) is 5.99. The van der Waals surface area contributed by atoms with Crippen molar-refractivity contribution in [3.63, 3.8) is 0 Å². The second-order valence-electron chi connectivity index (χ2n) is 3.59. The Morgan fingerprint density at radius 1 is 1.45 bits per heavy atom. The summed E-state index contributed by atoms with van der Waals surface area (Å²) in [5.74, 6) is -2.59. The Morgan fingerprint density at radius 3 is 2.45 bits per heavy atom. The minimum atomic E-state index is -5.21. The first kappa shape index (κ1) is 16.1. The maximum Gasteiger partial charge on any atom is 0.573 e. The summed E-state index contributed by atoms with van der Waals surface area (Å²) in [6, 6.07) is 0. The number of alkyl halides is 5. The molecule has 0 fully saturated rings. The van der Waals surface area contributed by atoms with Crippen molar-refractivity contribution in [1.29, 1.82) is 0 Å². The summed E-state index contributed by atoms with van der Waals surface area (Å²) in [6.07, 6.45) is -8.80. The fourth-order valence-corrected chi connectivity index (χ4v) is 1.49. The average Bonchev–Trinajstić information content (AvgIpc) is 2.25. The summed E-state index contributed by atoms with van der Waals surface area (Å²) < 4.78 is 65.6. The van der Waals surface area contributed by atoms with Crippen LogP contribution in [0.2, 0.25) is 0 Å². The number of ether oxygens (including phenoxy) is 1. The van der Waals surface area contributed by atoms with E-state index in [4.69, 9.17) is 10.8 Å². The molecule has 0 bridgehead atoms. The summed E-state index contributed by atoms with van der Waals surface area (Å²) in [5.41, 5.74) is 3.22. The van der Waals surface area contributed by atoms with Crippen LogP contribution >= 0.6 is 0 Å². The molecule has 112 valence electrons. The predicted octanol–water partition coefficient (Wildman–Crippen LogP) is 2.00. The fraction of sp³-hybridized carbons (Fsp3) is 0.400. The van der Waals surface area contributed by atoms with Crippen LogP contribution in [-0.4, -0.2) is 22.4 Å². The van der Waals surface area contributed by atoms with Gasteiger partial charge in [-0.25, -0.2) is 8.78 Å². The topological polar surface area (TPSA) is 85.4 Å². The Bertz CT molecular complexity index is 504. The first-order valence-electron chi connectivity index (χ1n) is 5.12. The molecular weight excluding hydrogens is 291 g/mol. The molecule has 1 aromatic rings.